The van der Waals surface area contributed by atoms with Crippen molar-refractivity contribution < 1.29 is 23.5 Å². The van der Waals surface area contributed by atoms with Gasteiger partial charge in [-0.3, -0.25) is 19.4 Å². The van der Waals surface area contributed by atoms with Crippen molar-refractivity contribution in [3.63, 3.8) is 0 Å². The fourth-order valence-corrected chi connectivity index (χ4v) is 5.16. The van der Waals surface area contributed by atoms with Gasteiger partial charge in [0.2, 0.25) is 5.91 Å². The first-order valence-electron chi connectivity index (χ1n) is 13.6. The normalized spacial score (nSPS) is 19.7. The van der Waals surface area contributed by atoms with Gasteiger partial charge in [0.15, 0.2) is 0 Å². The van der Waals surface area contributed by atoms with E-state index in [2.05, 4.69) is 30.4 Å². The van der Waals surface area contributed by atoms with Gasteiger partial charge in [-0.15, -0.1) is 0 Å². The van der Waals surface area contributed by atoms with Gasteiger partial charge in [-0.1, -0.05) is 17.7 Å². The maximum atomic E-state index is 13.7. The van der Waals surface area contributed by atoms with E-state index < -0.39 is 5.82 Å². The molecule has 1 aromatic heterocycles. The van der Waals surface area contributed by atoms with Crippen LogP contribution in [-0.2, 0) is 14.3 Å². The van der Waals surface area contributed by atoms with E-state index in [4.69, 9.17) is 21.1 Å². The molecule has 1 atom stereocenters. The second-order valence-corrected chi connectivity index (χ2v) is 11.0. The number of nitrogens with zero attached hydrogens (tertiary/aromatic N) is 4. The molecule has 0 spiro atoms. The van der Waals surface area contributed by atoms with Crippen molar-refractivity contribution in [1.29, 1.82) is 0 Å². The Bertz CT molecular complexity index is 1500. The molecule has 3 aliphatic rings. The quantitative estimate of drug-likeness (QED) is 0.287. The average molecular weight is 581 g/mol. The van der Waals surface area contributed by atoms with Crippen molar-refractivity contribution >= 4 is 51.6 Å². The van der Waals surface area contributed by atoms with Gasteiger partial charge in [0.05, 0.1) is 35.4 Å². The largest absolute Gasteiger partial charge is 0.491 e. The Morgan fingerprint density at radius 2 is 2.10 bits per heavy atom. The molecule has 41 heavy (non-hydrogen) atoms. The number of carbonyl (C=O) groups is 2. The molecule has 3 heterocycles. The summed E-state index contributed by atoms with van der Waals surface area (Å²) in [6.07, 6.45) is 7.04. The number of anilines is 3. The number of hydrogen-bond donors (Lipinski definition) is 2. The summed E-state index contributed by atoms with van der Waals surface area (Å²) >= 11 is 5.95. The highest BCUT2D eigenvalue weighted by Crippen LogP contribution is 2.36. The first kappa shape index (κ1) is 27.4. The predicted molar refractivity (Wildman–Crippen MR) is 153 cm³/mol. The molecule has 1 unspecified atom stereocenters. The fourth-order valence-electron chi connectivity index (χ4n) is 4.98. The number of piperazine rings is 1. The lowest BCUT2D eigenvalue weighted by molar-refractivity contribution is -0.157. The third-order valence-corrected chi connectivity index (χ3v) is 7.73. The summed E-state index contributed by atoms with van der Waals surface area (Å²) in [7, 11) is 0. The number of fused-ring (bicyclic) bond motifs is 2. The van der Waals surface area contributed by atoms with Gasteiger partial charge < -0.3 is 20.1 Å². The molecule has 214 valence electrons. The van der Waals surface area contributed by atoms with E-state index in [0.29, 0.717) is 66.1 Å². The number of esters is 1. The number of hydrogen-bond acceptors (Lipinski definition) is 9. The van der Waals surface area contributed by atoms with Gasteiger partial charge in [-0.25, -0.2) is 14.4 Å². The second kappa shape index (κ2) is 12.0. The van der Waals surface area contributed by atoms with E-state index in [1.807, 2.05) is 6.08 Å². The van der Waals surface area contributed by atoms with Crippen LogP contribution in [0.2, 0.25) is 5.02 Å². The number of halogens is 2. The van der Waals surface area contributed by atoms with E-state index in [0.717, 1.165) is 32.5 Å². The topological polar surface area (TPSA) is 109 Å². The first-order chi connectivity index (χ1) is 19.9. The van der Waals surface area contributed by atoms with E-state index in [9.17, 15) is 14.0 Å². The number of aromatic nitrogens is 2. The summed E-state index contributed by atoms with van der Waals surface area (Å²) in [6.45, 7) is 4.30. The molecule has 1 aliphatic carbocycles. The third-order valence-electron chi connectivity index (χ3n) is 7.44. The molecule has 0 bridgehead atoms. The highest BCUT2D eigenvalue weighted by molar-refractivity contribution is 6.31. The van der Waals surface area contributed by atoms with Gasteiger partial charge in [0.25, 0.3) is 0 Å². The summed E-state index contributed by atoms with van der Waals surface area (Å²) in [5.41, 5.74) is 1.69. The molecule has 6 rings (SSSR count). The van der Waals surface area contributed by atoms with Crippen LogP contribution in [0.25, 0.3) is 10.9 Å². The Kier molecular flexibility index (Phi) is 8.00. The van der Waals surface area contributed by atoms with Gasteiger partial charge in [-0.05, 0) is 43.0 Å². The van der Waals surface area contributed by atoms with Crippen molar-refractivity contribution in [2.75, 3.05) is 56.6 Å². The fraction of sp³-hybridized carbons (Fsp3) is 0.379. The molecule has 0 radical (unpaired) electrons. The average Bonchev–Trinajstić information content (AvgIpc) is 3.79. The molecule has 10 nitrogen and oxygen atoms in total. The molecule has 2 aliphatic heterocycles. The summed E-state index contributed by atoms with van der Waals surface area (Å²) < 4.78 is 24.9. The van der Waals surface area contributed by atoms with Crippen LogP contribution in [0.4, 0.5) is 21.6 Å². The Hall–Kier alpha value is -3.80. The van der Waals surface area contributed by atoms with Crippen LogP contribution in [0.3, 0.4) is 0 Å². The maximum Gasteiger partial charge on any atom is 0.320 e. The van der Waals surface area contributed by atoms with E-state index in [-0.39, 0.29) is 22.9 Å². The van der Waals surface area contributed by atoms with Crippen LogP contribution in [0.1, 0.15) is 12.8 Å². The van der Waals surface area contributed by atoms with Gasteiger partial charge in [0.1, 0.15) is 30.3 Å². The molecule has 1 saturated carbocycles. The molecular weight excluding hydrogens is 551 g/mol. The van der Waals surface area contributed by atoms with E-state index >= 15 is 0 Å². The van der Waals surface area contributed by atoms with E-state index in [1.54, 1.807) is 18.2 Å². The lowest BCUT2D eigenvalue weighted by Gasteiger charge is -2.42. The number of benzene rings is 2. The zero-order chi connectivity index (χ0) is 28.3. The van der Waals surface area contributed by atoms with Crippen molar-refractivity contribution in [3.8, 4) is 5.75 Å². The summed E-state index contributed by atoms with van der Waals surface area (Å²) in [5.74, 6) is 0.557. The first-order valence-corrected chi connectivity index (χ1v) is 14.0. The SMILES string of the molecule is O=C(/C=C/CN1CCN2CC(=O)OCC2C1)Nc1cc2c(Nc3ccc(F)c(Cl)c3)ncnc2cc1OCC1CC1. The number of morpholine rings is 1. The Labute approximate surface area is 241 Å². The zero-order valence-corrected chi connectivity index (χ0v) is 23.1. The van der Waals surface area contributed by atoms with Gasteiger partial charge in [-0.2, -0.15) is 0 Å². The molecular formula is C29H30ClFN6O4. The molecule has 1 amide bonds. The molecule has 3 fully saturated rings. The number of amides is 1. The van der Waals surface area contributed by atoms with Crippen molar-refractivity contribution in [2.24, 2.45) is 5.92 Å². The van der Waals surface area contributed by atoms with Crippen LogP contribution < -0.4 is 15.4 Å². The van der Waals surface area contributed by atoms with Crippen LogP contribution in [-0.4, -0.2) is 83.6 Å². The number of rotatable bonds is 9. The maximum absolute atomic E-state index is 13.7. The minimum absolute atomic E-state index is 0.00656. The monoisotopic (exact) mass is 580 g/mol. The van der Waals surface area contributed by atoms with Gasteiger partial charge in [0, 0.05) is 49.4 Å². The minimum Gasteiger partial charge on any atom is -0.491 e. The minimum atomic E-state index is -0.512. The summed E-state index contributed by atoms with van der Waals surface area (Å²) in [5, 5.41) is 6.76. The van der Waals surface area contributed by atoms with Gasteiger partial charge >= 0.3 is 5.97 Å². The standard InChI is InChI=1S/C29H30ClFN6O4/c30-22-10-19(5-6-23(22)31)34-29-21-11-25(26(40-15-18-3-4-18)12-24(21)32-17-33-29)35-27(38)2-1-7-36-8-9-37-14-28(39)41-16-20(37)13-36/h1-2,5-6,10-12,17-18,20H,3-4,7-9,13-16H2,(H,35,38)(H,32,33,34)/b2-1+. The molecule has 2 N–H and O–H groups in total. The van der Waals surface area contributed by atoms with Crippen molar-refractivity contribution in [2.45, 2.75) is 18.9 Å². The highest BCUT2D eigenvalue weighted by atomic mass is 35.5. The van der Waals surface area contributed by atoms with Crippen LogP contribution >= 0.6 is 11.6 Å². The molecule has 2 aromatic carbocycles. The second-order valence-electron chi connectivity index (χ2n) is 10.6. The predicted octanol–water partition coefficient (Wildman–Crippen LogP) is 3.99. The number of ether oxygens (including phenoxy) is 2. The van der Waals surface area contributed by atoms with Crippen molar-refractivity contribution in [1.82, 2.24) is 19.8 Å². The van der Waals surface area contributed by atoms with Crippen molar-refractivity contribution in [3.05, 3.63) is 59.7 Å². The lowest BCUT2D eigenvalue weighted by Crippen LogP contribution is -2.59. The Balaban J connectivity index is 1.17. The lowest BCUT2D eigenvalue weighted by atomic mass is 10.1. The smallest absolute Gasteiger partial charge is 0.320 e. The summed E-state index contributed by atoms with van der Waals surface area (Å²) in [6, 6.07) is 8.07. The van der Waals surface area contributed by atoms with Crippen LogP contribution in [0.5, 0.6) is 5.75 Å². The number of carbonyl (C=O) groups excluding carboxylic acids is 2. The number of cyclic esters (lactones) is 1. The Morgan fingerprint density at radius 1 is 1.22 bits per heavy atom. The van der Waals surface area contributed by atoms with Crippen LogP contribution in [0.15, 0.2) is 48.8 Å². The molecule has 2 saturated heterocycles. The molecule has 3 aromatic rings. The third kappa shape index (κ3) is 6.75. The van der Waals surface area contributed by atoms with Crippen LogP contribution in [0, 0.1) is 11.7 Å². The highest BCUT2D eigenvalue weighted by Gasteiger charge is 2.32. The van der Waals surface area contributed by atoms with E-state index in [1.165, 1.54) is 24.5 Å². The summed E-state index contributed by atoms with van der Waals surface area (Å²) in [4.78, 5) is 37.6. The zero-order valence-electron chi connectivity index (χ0n) is 22.3. The Morgan fingerprint density at radius 3 is 2.93 bits per heavy atom. The molecule has 12 heteroatoms. The number of nitrogens with one attached hydrogen (secondary N) is 2.